The van der Waals surface area contributed by atoms with Crippen molar-refractivity contribution in [1.29, 1.82) is 0 Å². The number of thiazole rings is 1. The van der Waals surface area contributed by atoms with Gasteiger partial charge in [-0.3, -0.25) is 9.59 Å². The molecule has 0 aliphatic rings. The van der Waals surface area contributed by atoms with E-state index in [0.29, 0.717) is 5.69 Å². The lowest BCUT2D eigenvalue weighted by atomic mass is 10.2. The minimum atomic E-state index is -0.921. The maximum atomic E-state index is 11.7. The Kier molecular flexibility index (Phi) is 5.05. The third-order valence-electron chi connectivity index (χ3n) is 2.94. The van der Waals surface area contributed by atoms with Crippen molar-refractivity contribution in [2.24, 2.45) is 5.92 Å². The Balaban J connectivity index is 1.91. The lowest BCUT2D eigenvalue weighted by Gasteiger charge is -2.07. The number of carbonyl (C=O) groups excluding carboxylic acids is 1. The molecule has 1 heterocycles. The summed E-state index contributed by atoms with van der Waals surface area (Å²) in [4.78, 5) is 26.8. The van der Waals surface area contributed by atoms with Crippen LogP contribution >= 0.6 is 11.3 Å². The zero-order chi connectivity index (χ0) is 15.2. The van der Waals surface area contributed by atoms with Crippen LogP contribution in [0.2, 0.25) is 0 Å². The number of rotatable bonds is 6. The van der Waals surface area contributed by atoms with Crippen molar-refractivity contribution in [3.05, 3.63) is 41.4 Å². The molecule has 0 radical (unpaired) electrons. The molecule has 1 aromatic heterocycles. The van der Waals surface area contributed by atoms with Crippen LogP contribution in [0.25, 0.3) is 10.6 Å². The van der Waals surface area contributed by atoms with Gasteiger partial charge in [0.25, 0.3) is 0 Å². The molecule has 1 unspecified atom stereocenters. The molecule has 1 aromatic carbocycles. The van der Waals surface area contributed by atoms with Gasteiger partial charge in [-0.1, -0.05) is 37.3 Å². The third kappa shape index (κ3) is 4.39. The number of nitrogens with one attached hydrogen (secondary N) is 1. The normalized spacial score (nSPS) is 11.9. The molecule has 0 spiro atoms. The van der Waals surface area contributed by atoms with Crippen molar-refractivity contribution >= 4 is 23.2 Å². The molecule has 5 nitrogen and oxygen atoms in total. The van der Waals surface area contributed by atoms with E-state index in [-0.39, 0.29) is 18.9 Å². The van der Waals surface area contributed by atoms with Gasteiger partial charge in [0.05, 0.1) is 18.0 Å². The summed E-state index contributed by atoms with van der Waals surface area (Å²) in [5, 5.41) is 14.1. The van der Waals surface area contributed by atoms with Crippen LogP contribution in [0, 0.1) is 5.92 Å². The van der Waals surface area contributed by atoms with Crippen molar-refractivity contribution in [3.8, 4) is 10.6 Å². The molecule has 1 amide bonds. The van der Waals surface area contributed by atoms with E-state index in [0.717, 1.165) is 10.6 Å². The summed E-state index contributed by atoms with van der Waals surface area (Å²) in [5.41, 5.74) is 1.72. The van der Waals surface area contributed by atoms with Crippen molar-refractivity contribution < 1.29 is 14.7 Å². The molecular formula is C15H16N2O3S. The number of aliphatic carboxylic acids is 1. The van der Waals surface area contributed by atoms with Crippen molar-refractivity contribution in [1.82, 2.24) is 10.3 Å². The van der Waals surface area contributed by atoms with Crippen LogP contribution in [0.3, 0.4) is 0 Å². The maximum Gasteiger partial charge on any atom is 0.308 e. The molecule has 0 saturated heterocycles. The number of hydrogen-bond donors (Lipinski definition) is 2. The van der Waals surface area contributed by atoms with Crippen LogP contribution in [0.4, 0.5) is 0 Å². The van der Waals surface area contributed by atoms with Gasteiger partial charge in [0.2, 0.25) is 5.91 Å². The molecule has 6 heteroatoms. The zero-order valence-corrected chi connectivity index (χ0v) is 12.4. The van der Waals surface area contributed by atoms with E-state index in [9.17, 15) is 9.59 Å². The number of aromatic nitrogens is 1. The highest BCUT2D eigenvalue weighted by atomic mass is 32.1. The number of hydrogen-bond acceptors (Lipinski definition) is 4. The Morgan fingerprint density at radius 3 is 2.71 bits per heavy atom. The van der Waals surface area contributed by atoms with Crippen molar-refractivity contribution in [2.45, 2.75) is 13.3 Å². The van der Waals surface area contributed by atoms with Gasteiger partial charge < -0.3 is 10.4 Å². The molecule has 0 aliphatic heterocycles. The topological polar surface area (TPSA) is 79.3 Å². The van der Waals surface area contributed by atoms with Crippen LogP contribution in [0.5, 0.6) is 0 Å². The Morgan fingerprint density at radius 2 is 2.05 bits per heavy atom. The third-order valence-corrected chi connectivity index (χ3v) is 3.88. The Hall–Kier alpha value is -2.21. The summed E-state index contributed by atoms with van der Waals surface area (Å²) in [7, 11) is 0. The maximum absolute atomic E-state index is 11.7. The second kappa shape index (κ2) is 6.99. The molecule has 2 rings (SSSR count). The first-order chi connectivity index (χ1) is 10.1. The molecular weight excluding hydrogens is 288 g/mol. The summed E-state index contributed by atoms with van der Waals surface area (Å²) < 4.78 is 0. The van der Waals surface area contributed by atoms with E-state index < -0.39 is 11.9 Å². The molecule has 2 N–H and O–H groups in total. The van der Waals surface area contributed by atoms with Crippen molar-refractivity contribution in [2.75, 3.05) is 6.54 Å². The molecule has 0 fully saturated rings. The number of amides is 1. The van der Waals surface area contributed by atoms with Crippen LogP contribution < -0.4 is 5.32 Å². The molecule has 110 valence electrons. The van der Waals surface area contributed by atoms with Crippen LogP contribution in [0.15, 0.2) is 35.7 Å². The first kappa shape index (κ1) is 15.2. The second-order valence-corrected chi connectivity index (χ2v) is 5.59. The minimum absolute atomic E-state index is 0.129. The summed E-state index contributed by atoms with van der Waals surface area (Å²) in [6.45, 7) is 1.68. The van der Waals surface area contributed by atoms with Gasteiger partial charge in [0.1, 0.15) is 5.01 Å². The van der Waals surface area contributed by atoms with Crippen molar-refractivity contribution in [3.63, 3.8) is 0 Å². The predicted molar refractivity (Wildman–Crippen MR) is 81.1 cm³/mol. The van der Waals surface area contributed by atoms with E-state index in [1.807, 2.05) is 35.7 Å². The van der Waals surface area contributed by atoms with Crippen LogP contribution in [0.1, 0.15) is 12.6 Å². The molecule has 0 aliphatic carbocycles. The highest BCUT2D eigenvalue weighted by molar-refractivity contribution is 7.13. The van der Waals surface area contributed by atoms with Gasteiger partial charge in [-0.2, -0.15) is 0 Å². The van der Waals surface area contributed by atoms with Gasteiger partial charge in [0, 0.05) is 17.5 Å². The van der Waals surface area contributed by atoms with Gasteiger partial charge in [0.15, 0.2) is 0 Å². The fourth-order valence-electron chi connectivity index (χ4n) is 1.68. The first-order valence-electron chi connectivity index (χ1n) is 6.55. The second-order valence-electron chi connectivity index (χ2n) is 4.73. The van der Waals surface area contributed by atoms with E-state index in [4.69, 9.17) is 5.11 Å². The van der Waals surface area contributed by atoms with E-state index in [2.05, 4.69) is 10.3 Å². The molecule has 0 bridgehead atoms. The van der Waals surface area contributed by atoms with E-state index in [1.165, 1.54) is 11.3 Å². The average Bonchev–Trinajstić information content (AvgIpc) is 2.94. The largest absolute Gasteiger partial charge is 0.481 e. The fraction of sp³-hybridized carbons (Fsp3) is 0.267. The number of carbonyl (C=O) groups is 2. The van der Waals surface area contributed by atoms with Crippen LogP contribution in [-0.2, 0) is 16.0 Å². The Labute approximate surface area is 126 Å². The molecule has 1 atom stereocenters. The van der Waals surface area contributed by atoms with Gasteiger partial charge in [-0.25, -0.2) is 4.98 Å². The summed E-state index contributed by atoms with van der Waals surface area (Å²) >= 11 is 1.49. The van der Waals surface area contributed by atoms with Gasteiger partial charge in [-0.15, -0.1) is 11.3 Å². The predicted octanol–water partition coefficient (Wildman–Crippen LogP) is 2.19. The molecule has 0 saturated carbocycles. The zero-order valence-electron chi connectivity index (χ0n) is 11.6. The first-order valence-corrected chi connectivity index (χ1v) is 7.43. The smallest absolute Gasteiger partial charge is 0.308 e. The number of carboxylic acids is 1. The molecule has 21 heavy (non-hydrogen) atoms. The highest BCUT2D eigenvalue weighted by Gasteiger charge is 2.13. The highest BCUT2D eigenvalue weighted by Crippen LogP contribution is 2.23. The minimum Gasteiger partial charge on any atom is -0.481 e. The number of nitrogens with zero attached hydrogens (tertiary/aromatic N) is 1. The summed E-state index contributed by atoms with van der Waals surface area (Å²) in [5.74, 6) is -1.73. The average molecular weight is 304 g/mol. The Bertz CT molecular complexity index is 625. The number of benzene rings is 1. The van der Waals surface area contributed by atoms with Gasteiger partial charge >= 0.3 is 5.97 Å². The van der Waals surface area contributed by atoms with E-state index >= 15 is 0 Å². The Morgan fingerprint density at radius 1 is 1.33 bits per heavy atom. The standard InChI is InChI=1S/C15H16N2O3S/c1-10(15(19)20)8-16-13(18)7-12-9-21-14(17-12)11-5-3-2-4-6-11/h2-6,9-10H,7-8H2,1H3,(H,16,18)(H,19,20). The lowest BCUT2D eigenvalue weighted by Crippen LogP contribution is -2.32. The lowest BCUT2D eigenvalue weighted by molar-refractivity contribution is -0.141. The van der Waals surface area contributed by atoms with Gasteiger partial charge in [-0.05, 0) is 0 Å². The summed E-state index contributed by atoms with van der Waals surface area (Å²) in [6.07, 6.45) is 0.162. The monoisotopic (exact) mass is 304 g/mol. The summed E-state index contributed by atoms with van der Waals surface area (Å²) in [6, 6.07) is 9.76. The number of carboxylic acid groups (broad SMARTS) is 1. The van der Waals surface area contributed by atoms with E-state index in [1.54, 1.807) is 6.92 Å². The quantitative estimate of drug-likeness (QED) is 0.857. The van der Waals surface area contributed by atoms with Crippen LogP contribution in [-0.4, -0.2) is 28.5 Å². The fourth-order valence-corrected chi connectivity index (χ4v) is 2.51. The molecule has 2 aromatic rings. The SMILES string of the molecule is CC(CNC(=O)Cc1csc(-c2ccccc2)n1)C(=O)O.